The van der Waals surface area contributed by atoms with Gasteiger partial charge in [-0.15, -0.1) is 0 Å². The number of halogens is 1. The first kappa shape index (κ1) is 17.0. The van der Waals surface area contributed by atoms with Crippen molar-refractivity contribution in [1.29, 1.82) is 0 Å². The monoisotopic (exact) mass is 346 g/mol. The molecule has 1 aromatic rings. The van der Waals surface area contributed by atoms with Crippen LogP contribution in [0.5, 0.6) is 0 Å². The van der Waals surface area contributed by atoms with Gasteiger partial charge in [0.05, 0.1) is 0 Å². The van der Waals surface area contributed by atoms with Crippen molar-refractivity contribution in [1.82, 2.24) is 10.2 Å². The molecule has 2 saturated carbocycles. The lowest BCUT2D eigenvalue weighted by Crippen LogP contribution is -2.52. The lowest BCUT2D eigenvalue weighted by atomic mass is 9.72. The normalized spacial score (nSPS) is 31.5. The van der Waals surface area contributed by atoms with Gasteiger partial charge in [-0.1, -0.05) is 31.4 Å². The summed E-state index contributed by atoms with van der Waals surface area (Å²) in [5.74, 6) is 0.404. The molecule has 4 nitrogen and oxygen atoms in total. The van der Waals surface area contributed by atoms with E-state index in [0.29, 0.717) is 36.5 Å². The minimum atomic E-state index is -1.53. The fraction of sp³-hybridized carbons (Fsp3) is 0.650. The lowest BCUT2D eigenvalue weighted by Gasteiger charge is -2.40. The number of nitrogens with one attached hydrogen (secondary N) is 1. The fourth-order valence-electron chi connectivity index (χ4n) is 5.12. The summed E-state index contributed by atoms with van der Waals surface area (Å²) in [6.07, 6.45) is 4.92. The maximum Gasteiger partial charge on any atom is 0.259 e. The molecule has 1 heterocycles. The number of amides is 1. The largest absolute Gasteiger partial charge is 0.375 e. The van der Waals surface area contributed by atoms with Gasteiger partial charge in [-0.3, -0.25) is 4.79 Å². The van der Waals surface area contributed by atoms with Crippen LogP contribution < -0.4 is 5.32 Å². The Balaban J connectivity index is 1.61. The Morgan fingerprint density at radius 1 is 1.16 bits per heavy atom. The molecule has 0 spiro atoms. The van der Waals surface area contributed by atoms with Crippen molar-refractivity contribution in [3.8, 4) is 0 Å². The molecular weight excluding hydrogens is 319 g/mol. The van der Waals surface area contributed by atoms with Crippen molar-refractivity contribution in [3.63, 3.8) is 0 Å². The maximum atomic E-state index is 13.4. The molecule has 0 bridgehead atoms. The molecule has 3 aliphatic rings. The average Bonchev–Trinajstić information content (AvgIpc) is 3.12. The molecule has 0 radical (unpaired) electrons. The molecule has 3 unspecified atom stereocenters. The molecule has 5 heteroatoms. The number of hydrogen-bond acceptors (Lipinski definition) is 3. The second-order valence-electron chi connectivity index (χ2n) is 7.96. The van der Waals surface area contributed by atoms with E-state index in [2.05, 4.69) is 5.32 Å². The van der Waals surface area contributed by atoms with Crippen LogP contribution in [0.3, 0.4) is 0 Å². The highest BCUT2D eigenvalue weighted by molar-refractivity contribution is 5.87. The average molecular weight is 346 g/mol. The zero-order valence-corrected chi connectivity index (χ0v) is 14.7. The second-order valence-corrected chi connectivity index (χ2v) is 7.96. The van der Waals surface area contributed by atoms with Crippen molar-refractivity contribution < 1.29 is 14.3 Å². The molecule has 4 rings (SSSR count). The van der Waals surface area contributed by atoms with E-state index in [1.807, 2.05) is 11.9 Å². The summed E-state index contributed by atoms with van der Waals surface area (Å²) in [6, 6.07) is 6.35. The number of carbonyl (C=O) groups is 1. The SMILES string of the molecule is CNC1C2CN(C(=O)C(O)(c3ccc(F)cc3)C3CCCCC3)CC21. The van der Waals surface area contributed by atoms with E-state index in [1.165, 1.54) is 12.1 Å². The van der Waals surface area contributed by atoms with E-state index in [4.69, 9.17) is 0 Å². The number of hydrogen-bond donors (Lipinski definition) is 2. The number of benzene rings is 1. The smallest absolute Gasteiger partial charge is 0.259 e. The zero-order valence-electron chi connectivity index (χ0n) is 14.7. The highest BCUT2D eigenvalue weighted by Gasteiger charge is 2.58. The fourth-order valence-corrected chi connectivity index (χ4v) is 5.12. The summed E-state index contributed by atoms with van der Waals surface area (Å²) in [6.45, 7) is 1.43. The summed E-state index contributed by atoms with van der Waals surface area (Å²) in [5, 5.41) is 14.9. The minimum Gasteiger partial charge on any atom is -0.375 e. The summed E-state index contributed by atoms with van der Waals surface area (Å²) in [4.78, 5) is 15.2. The van der Waals surface area contributed by atoms with Gasteiger partial charge in [0.2, 0.25) is 0 Å². The maximum absolute atomic E-state index is 13.4. The van der Waals surface area contributed by atoms with Crippen LogP contribution in [0.4, 0.5) is 4.39 Å². The summed E-state index contributed by atoms with van der Waals surface area (Å²) >= 11 is 0. The standard InChI is InChI=1S/C20H27FN2O2/c1-22-18-16-11-23(12-17(16)18)19(24)20(25,13-5-3-2-4-6-13)14-7-9-15(21)10-8-14/h7-10,13,16-18,22,25H,2-6,11-12H2,1H3. The number of rotatable bonds is 4. The molecule has 1 aromatic carbocycles. The third kappa shape index (κ3) is 2.77. The predicted molar refractivity (Wildman–Crippen MR) is 93.3 cm³/mol. The number of likely N-dealkylation sites (tertiary alicyclic amines) is 1. The van der Waals surface area contributed by atoms with Gasteiger partial charge in [0.1, 0.15) is 5.82 Å². The topological polar surface area (TPSA) is 52.6 Å². The highest BCUT2D eigenvalue weighted by Crippen LogP contribution is 2.48. The van der Waals surface area contributed by atoms with Crippen molar-refractivity contribution in [2.45, 2.75) is 43.7 Å². The molecule has 1 saturated heterocycles. The van der Waals surface area contributed by atoms with Gasteiger partial charge in [0.15, 0.2) is 5.60 Å². The van der Waals surface area contributed by atoms with E-state index < -0.39 is 5.60 Å². The summed E-state index contributed by atoms with van der Waals surface area (Å²) in [7, 11) is 1.96. The summed E-state index contributed by atoms with van der Waals surface area (Å²) < 4.78 is 13.4. The molecule has 0 aromatic heterocycles. The number of aliphatic hydroxyl groups is 1. The Kier molecular flexibility index (Phi) is 4.32. The van der Waals surface area contributed by atoms with Crippen molar-refractivity contribution >= 4 is 5.91 Å². The first-order valence-corrected chi connectivity index (χ1v) is 9.50. The van der Waals surface area contributed by atoms with E-state index in [9.17, 15) is 14.3 Å². The van der Waals surface area contributed by atoms with Crippen molar-refractivity contribution in [2.75, 3.05) is 20.1 Å². The Morgan fingerprint density at radius 2 is 1.76 bits per heavy atom. The molecule has 136 valence electrons. The van der Waals surface area contributed by atoms with Gasteiger partial charge in [-0.2, -0.15) is 0 Å². The quantitative estimate of drug-likeness (QED) is 0.879. The minimum absolute atomic E-state index is 0.0868. The molecule has 3 atom stereocenters. The number of nitrogens with zero attached hydrogens (tertiary/aromatic N) is 1. The van der Waals surface area contributed by atoms with Crippen LogP contribution in [0.15, 0.2) is 24.3 Å². The Morgan fingerprint density at radius 3 is 2.32 bits per heavy atom. The van der Waals surface area contributed by atoms with Crippen LogP contribution in [0.1, 0.15) is 37.7 Å². The van der Waals surface area contributed by atoms with Crippen LogP contribution in [-0.4, -0.2) is 42.1 Å². The Bertz CT molecular complexity index is 632. The highest BCUT2D eigenvalue weighted by atomic mass is 19.1. The van der Waals surface area contributed by atoms with E-state index >= 15 is 0 Å². The molecule has 1 amide bonds. The lowest BCUT2D eigenvalue weighted by molar-refractivity contribution is -0.160. The van der Waals surface area contributed by atoms with Gasteiger partial charge < -0.3 is 15.3 Å². The second kappa shape index (κ2) is 6.36. The molecular formula is C20H27FN2O2. The third-order valence-corrected chi connectivity index (χ3v) is 6.62. The Labute approximate surface area is 148 Å². The predicted octanol–water partition coefficient (Wildman–Crippen LogP) is 2.27. The first-order valence-electron chi connectivity index (χ1n) is 9.50. The third-order valence-electron chi connectivity index (χ3n) is 6.62. The van der Waals surface area contributed by atoms with E-state index in [0.717, 1.165) is 32.1 Å². The van der Waals surface area contributed by atoms with Crippen molar-refractivity contribution in [3.05, 3.63) is 35.6 Å². The van der Waals surface area contributed by atoms with Crippen LogP contribution in [-0.2, 0) is 10.4 Å². The van der Waals surface area contributed by atoms with Crippen LogP contribution >= 0.6 is 0 Å². The van der Waals surface area contributed by atoms with Gasteiger partial charge in [-0.05, 0) is 49.4 Å². The van der Waals surface area contributed by atoms with Crippen LogP contribution in [0, 0.1) is 23.6 Å². The Hall–Kier alpha value is -1.46. The van der Waals surface area contributed by atoms with Gasteiger partial charge in [0, 0.05) is 25.0 Å². The van der Waals surface area contributed by atoms with Crippen LogP contribution in [0.2, 0.25) is 0 Å². The van der Waals surface area contributed by atoms with E-state index in [-0.39, 0.29) is 17.6 Å². The first-order chi connectivity index (χ1) is 12.1. The van der Waals surface area contributed by atoms with Crippen LogP contribution in [0.25, 0.3) is 0 Å². The van der Waals surface area contributed by atoms with Gasteiger partial charge in [-0.25, -0.2) is 4.39 Å². The molecule has 25 heavy (non-hydrogen) atoms. The zero-order chi connectivity index (χ0) is 17.6. The summed E-state index contributed by atoms with van der Waals surface area (Å²) in [5.41, 5.74) is -0.989. The van der Waals surface area contributed by atoms with Gasteiger partial charge >= 0.3 is 0 Å². The van der Waals surface area contributed by atoms with E-state index in [1.54, 1.807) is 12.1 Å². The molecule has 2 aliphatic carbocycles. The van der Waals surface area contributed by atoms with Gasteiger partial charge in [0.25, 0.3) is 5.91 Å². The number of piperidine rings is 1. The molecule has 2 N–H and O–H groups in total. The molecule has 1 aliphatic heterocycles. The number of carbonyl (C=O) groups excluding carboxylic acids is 1. The number of fused-ring (bicyclic) bond motifs is 1. The van der Waals surface area contributed by atoms with Crippen molar-refractivity contribution in [2.24, 2.45) is 17.8 Å². The molecule has 3 fully saturated rings.